The van der Waals surface area contributed by atoms with Crippen LogP contribution in [0.3, 0.4) is 0 Å². The summed E-state index contributed by atoms with van der Waals surface area (Å²) in [4.78, 5) is 12.3. The van der Waals surface area contributed by atoms with Gasteiger partial charge in [-0.05, 0) is 50.2 Å². The number of nitrogen functional groups attached to an aromatic ring is 1. The van der Waals surface area contributed by atoms with E-state index < -0.39 is 0 Å². The molecule has 2 aromatic rings. The lowest BCUT2D eigenvalue weighted by Gasteiger charge is -2.12. The Morgan fingerprint density at radius 1 is 1.24 bits per heavy atom. The van der Waals surface area contributed by atoms with Crippen LogP contribution >= 0.6 is 15.9 Å². The van der Waals surface area contributed by atoms with Crippen molar-refractivity contribution in [3.63, 3.8) is 0 Å². The molecular weight excluding hydrogens is 332 g/mol. The number of nitrogens with one attached hydrogen (secondary N) is 1. The standard InChI is InChI=1S/C16H17BrN2O2/c1-10(2)21-13-5-3-4-11(8-13)16(20)19-15-7-6-12(17)9-14(15)18/h3-10H,18H2,1-2H3,(H,19,20). The van der Waals surface area contributed by atoms with Crippen molar-refractivity contribution in [1.29, 1.82) is 0 Å². The van der Waals surface area contributed by atoms with Gasteiger partial charge < -0.3 is 15.8 Å². The molecule has 0 radical (unpaired) electrons. The Labute approximate surface area is 132 Å². The van der Waals surface area contributed by atoms with E-state index in [2.05, 4.69) is 21.2 Å². The van der Waals surface area contributed by atoms with Crippen LogP contribution in [0.4, 0.5) is 11.4 Å². The van der Waals surface area contributed by atoms with Crippen LogP contribution in [0.2, 0.25) is 0 Å². The molecule has 0 saturated carbocycles. The normalized spacial score (nSPS) is 10.5. The highest BCUT2D eigenvalue weighted by atomic mass is 79.9. The lowest BCUT2D eigenvalue weighted by atomic mass is 10.2. The number of rotatable bonds is 4. The number of hydrogen-bond acceptors (Lipinski definition) is 3. The smallest absolute Gasteiger partial charge is 0.255 e. The lowest BCUT2D eigenvalue weighted by Crippen LogP contribution is -2.13. The van der Waals surface area contributed by atoms with Gasteiger partial charge in [-0.25, -0.2) is 0 Å². The molecule has 110 valence electrons. The monoisotopic (exact) mass is 348 g/mol. The van der Waals surface area contributed by atoms with Gasteiger partial charge in [-0.15, -0.1) is 0 Å². The Balaban J connectivity index is 2.16. The molecule has 0 spiro atoms. The maximum atomic E-state index is 12.3. The molecule has 2 rings (SSSR count). The maximum absolute atomic E-state index is 12.3. The van der Waals surface area contributed by atoms with E-state index in [-0.39, 0.29) is 12.0 Å². The first-order valence-electron chi connectivity index (χ1n) is 6.59. The highest BCUT2D eigenvalue weighted by Crippen LogP contribution is 2.24. The highest BCUT2D eigenvalue weighted by Gasteiger charge is 2.10. The zero-order valence-electron chi connectivity index (χ0n) is 11.9. The molecular formula is C16H17BrN2O2. The zero-order chi connectivity index (χ0) is 15.4. The predicted octanol–water partition coefficient (Wildman–Crippen LogP) is 4.07. The second-order valence-electron chi connectivity index (χ2n) is 4.88. The Hall–Kier alpha value is -2.01. The zero-order valence-corrected chi connectivity index (χ0v) is 13.5. The van der Waals surface area contributed by atoms with Crippen LogP contribution in [0, 0.1) is 0 Å². The van der Waals surface area contributed by atoms with E-state index in [4.69, 9.17) is 10.5 Å². The highest BCUT2D eigenvalue weighted by molar-refractivity contribution is 9.10. The van der Waals surface area contributed by atoms with Gasteiger partial charge in [-0.3, -0.25) is 4.79 Å². The largest absolute Gasteiger partial charge is 0.491 e. The summed E-state index contributed by atoms with van der Waals surface area (Å²) in [5.41, 5.74) is 7.49. The fraction of sp³-hybridized carbons (Fsp3) is 0.188. The minimum absolute atomic E-state index is 0.0606. The number of ether oxygens (including phenoxy) is 1. The molecule has 4 nitrogen and oxygen atoms in total. The number of benzene rings is 2. The van der Waals surface area contributed by atoms with Gasteiger partial charge in [-0.1, -0.05) is 22.0 Å². The summed E-state index contributed by atoms with van der Waals surface area (Å²) in [6.07, 6.45) is 0.0606. The van der Waals surface area contributed by atoms with Gasteiger partial charge in [0, 0.05) is 10.0 Å². The Bertz CT molecular complexity index is 656. The SMILES string of the molecule is CC(C)Oc1cccc(C(=O)Nc2ccc(Br)cc2N)c1. The average Bonchev–Trinajstić information content (AvgIpc) is 2.41. The third-order valence-electron chi connectivity index (χ3n) is 2.73. The van der Waals surface area contributed by atoms with Gasteiger partial charge in [0.1, 0.15) is 5.75 Å². The number of nitrogens with two attached hydrogens (primary N) is 1. The van der Waals surface area contributed by atoms with Crippen molar-refractivity contribution in [3.8, 4) is 5.75 Å². The average molecular weight is 349 g/mol. The molecule has 0 aliphatic heterocycles. The molecule has 0 aliphatic carbocycles. The van der Waals surface area contributed by atoms with Gasteiger partial charge in [0.15, 0.2) is 0 Å². The summed E-state index contributed by atoms with van der Waals surface area (Å²) < 4.78 is 6.45. The first-order valence-corrected chi connectivity index (χ1v) is 7.38. The molecule has 21 heavy (non-hydrogen) atoms. The number of halogens is 1. The van der Waals surface area contributed by atoms with Gasteiger partial charge >= 0.3 is 0 Å². The summed E-state index contributed by atoms with van der Waals surface area (Å²) in [5.74, 6) is 0.444. The van der Waals surface area contributed by atoms with Crippen molar-refractivity contribution in [1.82, 2.24) is 0 Å². The van der Waals surface area contributed by atoms with Crippen LogP contribution < -0.4 is 15.8 Å². The Kier molecular flexibility index (Phi) is 4.85. The molecule has 1 amide bonds. The van der Waals surface area contributed by atoms with Gasteiger partial charge in [0.25, 0.3) is 5.91 Å². The molecule has 3 N–H and O–H groups in total. The summed E-state index contributed by atoms with van der Waals surface area (Å²) in [6, 6.07) is 12.4. The fourth-order valence-corrected chi connectivity index (χ4v) is 2.20. The number of anilines is 2. The Morgan fingerprint density at radius 3 is 2.67 bits per heavy atom. The lowest BCUT2D eigenvalue weighted by molar-refractivity contribution is 0.102. The maximum Gasteiger partial charge on any atom is 0.255 e. The van der Waals surface area contributed by atoms with Gasteiger partial charge in [-0.2, -0.15) is 0 Å². The summed E-state index contributed by atoms with van der Waals surface area (Å²) in [6.45, 7) is 3.88. The number of hydrogen-bond donors (Lipinski definition) is 2. The van der Waals surface area contributed by atoms with Crippen molar-refractivity contribution < 1.29 is 9.53 Å². The second kappa shape index (κ2) is 6.63. The van der Waals surface area contributed by atoms with Crippen LogP contribution in [-0.4, -0.2) is 12.0 Å². The molecule has 0 aliphatic rings. The van der Waals surface area contributed by atoms with Crippen LogP contribution in [-0.2, 0) is 0 Å². The minimum Gasteiger partial charge on any atom is -0.491 e. The van der Waals surface area contributed by atoms with E-state index >= 15 is 0 Å². The van der Waals surface area contributed by atoms with E-state index in [0.717, 1.165) is 4.47 Å². The van der Waals surface area contributed by atoms with Gasteiger partial charge in [0.2, 0.25) is 0 Å². The van der Waals surface area contributed by atoms with E-state index in [9.17, 15) is 4.79 Å². The molecule has 0 aromatic heterocycles. The molecule has 2 aromatic carbocycles. The topological polar surface area (TPSA) is 64.3 Å². The molecule has 0 bridgehead atoms. The summed E-state index contributed by atoms with van der Waals surface area (Å²) in [7, 11) is 0. The third kappa shape index (κ3) is 4.23. The van der Waals surface area contributed by atoms with E-state index in [0.29, 0.717) is 22.7 Å². The summed E-state index contributed by atoms with van der Waals surface area (Å²) in [5, 5.41) is 2.79. The van der Waals surface area contributed by atoms with Crippen LogP contribution in [0.25, 0.3) is 0 Å². The molecule has 0 unspecified atom stereocenters. The van der Waals surface area contributed by atoms with E-state index in [1.54, 1.807) is 30.3 Å². The molecule has 0 atom stereocenters. The first-order chi connectivity index (χ1) is 9.95. The fourth-order valence-electron chi connectivity index (χ4n) is 1.82. The van der Waals surface area contributed by atoms with Crippen molar-refractivity contribution in [2.75, 3.05) is 11.1 Å². The minimum atomic E-state index is -0.224. The number of amides is 1. The van der Waals surface area contributed by atoms with Gasteiger partial charge in [0.05, 0.1) is 17.5 Å². The third-order valence-corrected chi connectivity index (χ3v) is 3.22. The van der Waals surface area contributed by atoms with Crippen molar-refractivity contribution >= 4 is 33.2 Å². The quantitative estimate of drug-likeness (QED) is 0.818. The van der Waals surface area contributed by atoms with E-state index in [1.165, 1.54) is 0 Å². The molecule has 5 heteroatoms. The van der Waals surface area contributed by atoms with Crippen molar-refractivity contribution in [2.45, 2.75) is 20.0 Å². The number of carbonyl (C=O) groups excluding carboxylic acids is 1. The van der Waals surface area contributed by atoms with Crippen LogP contribution in [0.15, 0.2) is 46.9 Å². The van der Waals surface area contributed by atoms with Crippen molar-refractivity contribution in [3.05, 3.63) is 52.5 Å². The second-order valence-corrected chi connectivity index (χ2v) is 5.80. The molecule has 0 heterocycles. The van der Waals surface area contributed by atoms with Crippen molar-refractivity contribution in [2.24, 2.45) is 0 Å². The first kappa shape index (κ1) is 15.4. The Morgan fingerprint density at radius 2 is 2.00 bits per heavy atom. The number of carbonyl (C=O) groups is 1. The van der Waals surface area contributed by atoms with E-state index in [1.807, 2.05) is 26.0 Å². The predicted molar refractivity (Wildman–Crippen MR) is 88.7 cm³/mol. The summed E-state index contributed by atoms with van der Waals surface area (Å²) >= 11 is 3.33. The molecule has 0 fully saturated rings. The van der Waals surface area contributed by atoms with Crippen LogP contribution in [0.1, 0.15) is 24.2 Å². The molecule has 0 saturated heterocycles. The van der Waals surface area contributed by atoms with Crippen LogP contribution in [0.5, 0.6) is 5.75 Å².